The maximum absolute atomic E-state index is 12.3. The van der Waals surface area contributed by atoms with Crippen molar-refractivity contribution in [2.75, 3.05) is 33.2 Å². The van der Waals surface area contributed by atoms with Crippen molar-refractivity contribution in [2.45, 2.75) is 26.5 Å². The molecule has 144 valence electrons. The van der Waals surface area contributed by atoms with Crippen LogP contribution in [0, 0.1) is 0 Å². The molecule has 27 heavy (non-hydrogen) atoms. The van der Waals surface area contributed by atoms with E-state index in [0.717, 1.165) is 11.0 Å². The van der Waals surface area contributed by atoms with E-state index in [0.29, 0.717) is 32.7 Å². The molecule has 1 heterocycles. The van der Waals surface area contributed by atoms with Crippen LogP contribution in [-0.2, 0) is 11.3 Å². The first kappa shape index (κ1) is 19.4. The van der Waals surface area contributed by atoms with Gasteiger partial charge in [0.2, 0.25) is 5.91 Å². The predicted octanol–water partition coefficient (Wildman–Crippen LogP) is 2.96. The number of fused-ring (bicyclic) bond motifs is 3. The van der Waals surface area contributed by atoms with Crippen LogP contribution in [0.15, 0.2) is 48.5 Å². The molecule has 3 aromatic rings. The van der Waals surface area contributed by atoms with Crippen molar-refractivity contribution in [1.29, 1.82) is 0 Å². The SMILES string of the molecule is CCN(CC)C(=O)CN(C)CC(O)Cn1c2ccccc2c2ccccc21. The van der Waals surface area contributed by atoms with E-state index >= 15 is 0 Å². The lowest BCUT2D eigenvalue weighted by Gasteiger charge is -2.25. The monoisotopic (exact) mass is 367 g/mol. The molecule has 1 atom stereocenters. The van der Waals surface area contributed by atoms with Crippen LogP contribution in [0.3, 0.4) is 0 Å². The van der Waals surface area contributed by atoms with Crippen LogP contribution in [0.2, 0.25) is 0 Å². The molecule has 0 radical (unpaired) electrons. The molecule has 0 aliphatic rings. The van der Waals surface area contributed by atoms with Crippen LogP contribution < -0.4 is 0 Å². The maximum atomic E-state index is 12.3. The Balaban J connectivity index is 1.74. The van der Waals surface area contributed by atoms with Gasteiger partial charge in [-0.2, -0.15) is 0 Å². The summed E-state index contributed by atoms with van der Waals surface area (Å²) in [6, 6.07) is 16.6. The van der Waals surface area contributed by atoms with Crippen LogP contribution >= 0.6 is 0 Å². The summed E-state index contributed by atoms with van der Waals surface area (Å²) in [5.41, 5.74) is 2.25. The van der Waals surface area contributed by atoms with Gasteiger partial charge >= 0.3 is 0 Å². The van der Waals surface area contributed by atoms with Crippen molar-refractivity contribution < 1.29 is 9.90 Å². The van der Waals surface area contributed by atoms with Crippen LogP contribution in [0.25, 0.3) is 21.8 Å². The third-order valence-corrected chi connectivity index (χ3v) is 5.12. The minimum absolute atomic E-state index is 0.103. The fourth-order valence-electron chi connectivity index (χ4n) is 3.80. The van der Waals surface area contributed by atoms with Crippen LogP contribution in [0.4, 0.5) is 0 Å². The highest BCUT2D eigenvalue weighted by Crippen LogP contribution is 2.28. The number of aliphatic hydroxyl groups excluding tert-OH is 1. The Bertz CT molecular complexity index is 861. The Morgan fingerprint density at radius 3 is 2.04 bits per heavy atom. The van der Waals surface area contributed by atoms with E-state index < -0.39 is 6.10 Å². The quantitative estimate of drug-likeness (QED) is 0.666. The van der Waals surface area contributed by atoms with E-state index in [2.05, 4.69) is 28.8 Å². The Morgan fingerprint density at radius 1 is 1.00 bits per heavy atom. The van der Waals surface area contributed by atoms with Crippen molar-refractivity contribution in [3.05, 3.63) is 48.5 Å². The Morgan fingerprint density at radius 2 is 1.52 bits per heavy atom. The highest BCUT2D eigenvalue weighted by molar-refractivity contribution is 6.07. The summed E-state index contributed by atoms with van der Waals surface area (Å²) in [5.74, 6) is 0.103. The maximum Gasteiger partial charge on any atom is 0.236 e. The number of para-hydroxylation sites is 2. The van der Waals surface area contributed by atoms with Crippen LogP contribution in [0.5, 0.6) is 0 Å². The lowest BCUT2D eigenvalue weighted by molar-refractivity contribution is -0.132. The molecule has 2 aromatic carbocycles. The molecule has 0 spiro atoms. The van der Waals surface area contributed by atoms with E-state index in [1.54, 1.807) is 0 Å². The van der Waals surface area contributed by atoms with Gasteiger partial charge in [-0.1, -0.05) is 36.4 Å². The van der Waals surface area contributed by atoms with Crippen LogP contribution in [-0.4, -0.2) is 64.7 Å². The third kappa shape index (κ3) is 4.15. The standard InChI is InChI=1S/C22H29N3O2/c1-4-24(5-2)22(27)16-23(3)14-17(26)15-25-20-12-8-6-10-18(20)19-11-7-9-13-21(19)25/h6-13,17,26H,4-5,14-16H2,1-3H3. The van der Waals surface area contributed by atoms with Gasteiger partial charge in [-0.25, -0.2) is 0 Å². The zero-order chi connectivity index (χ0) is 19.4. The fraction of sp³-hybridized carbons (Fsp3) is 0.409. The molecular formula is C22H29N3O2. The van der Waals surface area contributed by atoms with Gasteiger partial charge in [-0.3, -0.25) is 9.69 Å². The second-order valence-electron chi connectivity index (χ2n) is 7.06. The zero-order valence-electron chi connectivity index (χ0n) is 16.4. The number of rotatable bonds is 8. The summed E-state index contributed by atoms with van der Waals surface area (Å²) < 4.78 is 2.18. The minimum Gasteiger partial charge on any atom is -0.390 e. The number of likely N-dealkylation sites (N-methyl/N-ethyl adjacent to an activating group) is 2. The largest absolute Gasteiger partial charge is 0.390 e. The Labute approximate surface area is 160 Å². The summed E-state index contributed by atoms with van der Waals surface area (Å²) in [7, 11) is 1.89. The molecule has 1 aromatic heterocycles. The Kier molecular flexibility index (Phi) is 6.14. The molecule has 1 unspecified atom stereocenters. The number of hydrogen-bond acceptors (Lipinski definition) is 3. The molecule has 0 fully saturated rings. The van der Waals surface area contributed by atoms with Gasteiger partial charge in [-0.15, -0.1) is 0 Å². The lowest BCUT2D eigenvalue weighted by Crippen LogP contribution is -2.41. The first-order chi connectivity index (χ1) is 13.0. The van der Waals surface area contributed by atoms with Crippen molar-refractivity contribution in [3.63, 3.8) is 0 Å². The second kappa shape index (κ2) is 8.55. The second-order valence-corrected chi connectivity index (χ2v) is 7.06. The number of carbonyl (C=O) groups is 1. The van der Waals surface area contributed by atoms with Gasteiger partial charge in [0.25, 0.3) is 0 Å². The van der Waals surface area contributed by atoms with E-state index in [1.165, 1.54) is 10.8 Å². The normalized spacial score (nSPS) is 12.8. The fourth-order valence-corrected chi connectivity index (χ4v) is 3.80. The molecule has 0 aliphatic heterocycles. The molecule has 1 N–H and O–H groups in total. The van der Waals surface area contributed by atoms with E-state index in [9.17, 15) is 9.90 Å². The lowest BCUT2D eigenvalue weighted by atomic mass is 10.2. The molecule has 5 heteroatoms. The molecule has 0 bridgehead atoms. The van der Waals surface area contributed by atoms with Crippen molar-refractivity contribution in [1.82, 2.24) is 14.4 Å². The predicted molar refractivity (Wildman–Crippen MR) is 111 cm³/mol. The highest BCUT2D eigenvalue weighted by atomic mass is 16.3. The van der Waals surface area contributed by atoms with Crippen molar-refractivity contribution in [3.8, 4) is 0 Å². The number of amides is 1. The molecular weight excluding hydrogens is 338 g/mol. The van der Waals surface area contributed by atoms with Crippen molar-refractivity contribution in [2.24, 2.45) is 0 Å². The van der Waals surface area contributed by atoms with Crippen molar-refractivity contribution >= 4 is 27.7 Å². The van der Waals surface area contributed by atoms with Gasteiger partial charge in [0.1, 0.15) is 0 Å². The molecule has 0 saturated heterocycles. The van der Waals surface area contributed by atoms with E-state index in [4.69, 9.17) is 0 Å². The molecule has 1 amide bonds. The van der Waals surface area contributed by atoms with Gasteiger partial charge in [-0.05, 0) is 33.0 Å². The number of carbonyl (C=O) groups excluding carboxylic acids is 1. The van der Waals surface area contributed by atoms with Gasteiger partial charge in [0.05, 0.1) is 19.2 Å². The van der Waals surface area contributed by atoms with Crippen LogP contribution in [0.1, 0.15) is 13.8 Å². The summed E-state index contributed by atoms with van der Waals surface area (Å²) in [4.78, 5) is 16.0. The number of aliphatic hydroxyl groups is 1. The Hall–Kier alpha value is -2.37. The van der Waals surface area contributed by atoms with E-state index in [1.807, 2.05) is 55.0 Å². The third-order valence-electron chi connectivity index (χ3n) is 5.12. The van der Waals surface area contributed by atoms with E-state index in [-0.39, 0.29) is 5.91 Å². The minimum atomic E-state index is -0.557. The molecule has 0 aliphatic carbocycles. The summed E-state index contributed by atoms with van der Waals surface area (Å²) in [6.45, 7) is 6.68. The van der Waals surface area contributed by atoms with Gasteiger partial charge in [0.15, 0.2) is 0 Å². The van der Waals surface area contributed by atoms with Gasteiger partial charge < -0.3 is 14.6 Å². The average Bonchev–Trinajstić information content (AvgIpc) is 2.97. The smallest absolute Gasteiger partial charge is 0.236 e. The molecule has 0 saturated carbocycles. The summed E-state index contributed by atoms with van der Waals surface area (Å²) in [6.07, 6.45) is -0.557. The van der Waals surface area contributed by atoms with Gasteiger partial charge in [0, 0.05) is 41.4 Å². The highest BCUT2D eigenvalue weighted by Gasteiger charge is 2.17. The topological polar surface area (TPSA) is 48.7 Å². The number of hydrogen-bond donors (Lipinski definition) is 1. The molecule has 3 rings (SSSR count). The number of benzene rings is 2. The molecule has 5 nitrogen and oxygen atoms in total. The number of aromatic nitrogens is 1. The first-order valence-electron chi connectivity index (χ1n) is 9.65. The number of nitrogens with zero attached hydrogens (tertiary/aromatic N) is 3. The average molecular weight is 367 g/mol. The zero-order valence-corrected chi connectivity index (χ0v) is 16.4. The summed E-state index contributed by atoms with van der Waals surface area (Å²) in [5, 5.41) is 13.1. The first-order valence-corrected chi connectivity index (χ1v) is 9.65. The summed E-state index contributed by atoms with van der Waals surface area (Å²) >= 11 is 0.